The second-order valence-electron chi connectivity index (χ2n) is 5.88. The molecule has 28 heavy (non-hydrogen) atoms. The van der Waals surface area contributed by atoms with Crippen molar-refractivity contribution in [3.63, 3.8) is 0 Å². The predicted octanol–water partition coefficient (Wildman–Crippen LogP) is 5.19. The Kier molecular flexibility index (Phi) is 5.76. The molecule has 2 aromatic heterocycles. The standard InChI is InChI=1S/C20H15ClN4OS2/c21-15-7-5-13(6-8-15)18-11-27-20(24-18)28-12-19(26)25-23-10-14-9-22-17-4-2-1-3-16(14)17/h1-11,22H,12H2,(H,25,26)/b23-10+. The molecule has 5 nitrogen and oxygen atoms in total. The Bertz CT molecular complexity index is 1130. The van der Waals surface area contributed by atoms with Crippen molar-refractivity contribution in [2.24, 2.45) is 5.10 Å². The second kappa shape index (κ2) is 8.60. The van der Waals surface area contributed by atoms with Gasteiger partial charge in [0, 0.05) is 38.6 Å². The molecule has 0 aliphatic heterocycles. The maximum Gasteiger partial charge on any atom is 0.250 e. The quantitative estimate of drug-likeness (QED) is 0.253. The van der Waals surface area contributed by atoms with E-state index in [9.17, 15) is 4.79 Å². The third-order valence-electron chi connectivity index (χ3n) is 3.96. The molecule has 0 fully saturated rings. The van der Waals surface area contributed by atoms with Gasteiger partial charge < -0.3 is 4.98 Å². The minimum absolute atomic E-state index is 0.177. The Labute approximate surface area is 174 Å². The lowest BCUT2D eigenvalue weighted by atomic mass is 10.2. The molecule has 2 N–H and O–H groups in total. The van der Waals surface area contributed by atoms with Gasteiger partial charge in [0.25, 0.3) is 5.91 Å². The Balaban J connectivity index is 1.30. The molecule has 4 rings (SSSR count). The van der Waals surface area contributed by atoms with Crippen LogP contribution in [-0.2, 0) is 4.79 Å². The average molecular weight is 427 g/mol. The van der Waals surface area contributed by atoms with Crippen LogP contribution < -0.4 is 5.43 Å². The minimum atomic E-state index is -0.177. The zero-order valence-corrected chi connectivity index (χ0v) is 16.9. The van der Waals surface area contributed by atoms with Gasteiger partial charge in [0.15, 0.2) is 4.34 Å². The molecule has 0 spiro atoms. The first-order valence-corrected chi connectivity index (χ1v) is 10.7. The number of H-pyrrole nitrogens is 1. The molecule has 4 aromatic rings. The van der Waals surface area contributed by atoms with Crippen LogP contribution in [0.3, 0.4) is 0 Å². The van der Waals surface area contributed by atoms with Gasteiger partial charge in [-0.25, -0.2) is 10.4 Å². The van der Waals surface area contributed by atoms with E-state index in [2.05, 4.69) is 20.5 Å². The normalized spacial score (nSPS) is 11.3. The highest BCUT2D eigenvalue weighted by Crippen LogP contribution is 2.28. The van der Waals surface area contributed by atoms with Crippen LogP contribution in [-0.4, -0.2) is 27.8 Å². The first kappa shape index (κ1) is 18.7. The number of amides is 1. The van der Waals surface area contributed by atoms with Crippen molar-refractivity contribution in [3.05, 3.63) is 70.7 Å². The number of nitrogens with one attached hydrogen (secondary N) is 2. The summed E-state index contributed by atoms with van der Waals surface area (Å²) >= 11 is 8.81. The number of hydrogen-bond donors (Lipinski definition) is 2. The van der Waals surface area contributed by atoms with Crippen LogP contribution in [0.5, 0.6) is 0 Å². The molecule has 2 heterocycles. The van der Waals surface area contributed by atoms with Crippen molar-refractivity contribution in [1.29, 1.82) is 0 Å². The van der Waals surface area contributed by atoms with E-state index in [0.717, 1.165) is 32.1 Å². The molecule has 1 amide bonds. The molecular formula is C20H15ClN4OS2. The van der Waals surface area contributed by atoms with Crippen LogP contribution in [0.2, 0.25) is 5.02 Å². The number of aromatic nitrogens is 2. The number of halogens is 1. The first-order valence-electron chi connectivity index (χ1n) is 8.41. The van der Waals surface area contributed by atoms with Crippen LogP contribution >= 0.6 is 34.7 Å². The second-order valence-corrected chi connectivity index (χ2v) is 8.39. The molecular weight excluding hydrogens is 412 g/mol. The summed E-state index contributed by atoms with van der Waals surface area (Å²) in [7, 11) is 0. The third-order valence-corrected chi connectivity index (χ3v) is 6.24. The number of carbonyl (C=O) groups excluding carboxylic acids is 1. The number of benzene rings is 2. The summed E-state index contributed by atoms with van der Waals surface area (Å²) in [6, 6.07) is 15.5. The maximum atomic E-state index is 12.0. The van der Waals surface area contributed by atoms with E-state index in [0.29, 0.717) is 5.02 Å². The number of para-hydroxylation sites is 1. The molecule has 2 aromatic carbocycles. The van der Waals surface area contributed by atoms with E-state index in [4.69, 9.17) is 11.6 Å². The van der Waals surface area contributed by atoms with Crippen molar-refractivity contribution >= 4 is 57.7 Å². The van der Waals surface area contributed by atoms with Crippen LogP contribution in [0.4, 0.5) is 0 Å². The highest BCUT2D eigenvalue weighted by atomic mass is 35.5. The number of hydrazone groups is 1. The SMILES string of the molecule is O=C(CSc1nc(-c2ccc(Cl)cc2)cs1)N/N=C/c1c[nH]c2ccccc12. The van der Waals surface area contributed by atoms with Crippen molar-refractivity contribution in [1.82, 2.24) is 15.4 Å². The smallest absolute Gasteiger partial charge is 0.250 e. The van der Waals surface area contributed by atoms with E-state index in [-0.39, 0.29) is 11.7 Å². The van der Waals surface area contributed by atoms with Crippen molar-refractivity contribution in [2.45, 2.75) is 4.34 Å². The number of hydrogen-bond acceptors (Lipinski definition) is 5. The molecule has 140 valence electrons. The Morgan fingerprint density at radius 2 is 2.07 bits per heavy atom. The number of aromatic amines is 1. The Morgan fingerprint density at radius 3 is 2.93 bits per heavy atom. The maximum absolute atomic E-state index is 12.0. The molecule has 0 aliphatic rings. The van der Waals surface area contributed by atoms with Gasteiger partial charge in [-0.2, -0.15) is 5.10 Å². The third kappa shape index (κ3) is 4.44. The van der Waals surface area contributed by atoms with Gasteiger partial charge in [0.1, 0.15) is 0 Å². The molecule has 0 saturated heterocycles. The van der Waals surface area contributed by atoms with Crippen LogP contribution in [0, 0.1) is 0 Å². The van der Waals surface area contributed by atoms with E-state index in [1.165, 1.54) is 23.1 Å². The highest BCUT2D eigenvalue weighted by molar-refractivity contribution is 8.01. The lowest BCUT2D eigenvalue weighted by molar-refractivity contribution is -0.118. The monoisotopic (exact) mass is 426 g/mol. The number of thiazole rings is 1. The molecule has 0 radical (unpaired) electrons. The highest BCUT2D eigenvalue weighted by Gasteiger charge is 2.08. The van der Waals surface area contributed by atoms with Gasteiger partial charge in [-0.15, -0.1) is 11.3 Å². The van der Waals surface area contributed by atoms with E-state index in [1.807, 2.05) is 60.1 Å². The molecule has 0 aliphatic carbocycles. The summed E-state index contributed by atoms with van der Waals surface area (Å²) < 4.78 is 0.834. The van der Waals surface area contributed by atoms with E-state index >= 15 is 0 Å². The van der Waals surface area contributed by atoms with Gasteiger partial charge in [0.05, 0.1) is 17.7 Å². The van der Waals surface area contributed by atoms with Crippen LogP contribution in [0.15, 0.2) is 69.5 Å². The summed E-state index contributed by atoms with van der Waals surface area (Å²) in [5.41, 5.74) is 6.40. The van der Waals surface area contributed by atoms with Gasteiger partial charge in [-0.3, -0.25) is 4.79 Å². The minimum Gasteiger partial charge on any atom is -0.361 e. The summed E-state index contributed by atoms with van der Waals surface area (Å²) in [5.74, 6) is 0.0723. The summed E-state index contributed by atoms with van der Waals surface area (Å²) in [4.78, 5) is 19.8. The zero-order chi connectivity index (χ0) is 19.3. The van der Waals surface area contributed by atoms with Crippen molar-refractivity contribution in [3.8, 4) is 11.3 Å². The average Bonchev–Trinajstić information content (AvgIpc) is 3.35. The number of carbonyl (C=O) groups is 1. The zero-order valence-electron chi connectivity index (χ0n) is 14.6. The fourth-order valence-electron chi connectivity index (χ4n) is 2.61. The van der Waals surface area contributed by atoms with Gasteiger partial charge in [-0.05, 0) is 18.2 Å². The van der Waals surface area contributed by atoms with Crippen molar-refractivity contribution in [2.75, 3.05) is 5.75 Å². The van der Waals surface area contributed by atoms with Gasteiger partial charge in [-0.1, -0.05) is 53.7 Å². The van der Waals surface area contributed by atoms with Gasteiger partial charge in [0.2, 0.25) is 0 Å². The summed E-state index contributed by atoms with van der Waals surface area (Å²) in [5, 5.41) is 7.78. The fraction of sp³-hybridized carbons (Fsp3) is 0.0500. The van der Waals surface area contributed by atoms with E-state index < -0.39 is 0 Å². The number of fused-ring (bicyclic) bond motifs is 1. The lowest BCUT2D eigenvalue weighted by Gasteiger charge is -1.98. The molecule has 0 bridgehead atoms. The Morgan fingerprint density at radius 1 is 1.25 bits per heavy atom. The van der Waals surface area contributed by atoms with Crippen molar-refractivity contribution < 1.29 is 4.79 Å². The first-order chi connectivity index (χ1) is 13.7. The number of nitrogens with zero attached hydrogens (tertiary/aromatic N) is 2. The summed E-state index contributed by atoms with van der Waals surface area (Å²) in [6.07, 6.45) is 3.51. The lowest BCUT2D eigenvalue weighted by Crippen LogP contribution is -2.19. The van der Waals surface area contributed by atoms with Crippen LogP contribution in [0.1, 0.15) is 5.56 Å². The predicted molar refractivity (Wildman–Crippen MR) is 117 cm³/mol. The molecule has 0 saturated carbocycles. The molecule has 0 unspecified atom stereocenters. The number of thioether (sulfide) groups is 1. The fourth-order valence-corrected chi connectivity index (χ4v) is 4.36. The number of rotatable bonds is 6. The largest absolute Gasteiger partial charge is 0.361 e. The summed E-state index contributed by atoms with van der Waals surface area (Å²) in [6.45, 7) is 0. The Hall–Kier alpha value is -2.61. The molecule has 8 heteroatoms. The van der Waals surface area contributed by atoms with Crippen LogP contribution in [0.25, 0.3) is 22.2 Å². The van der Waals surface area contributed by atoms with Gasteiger partial charge >= 0.3 is 0 Å². The molecule has 0 atom stereocenters. The van der Waals surface area contributed by atoms with E-state index in [1.54, 1.807) is 6.21 Å². The topological polar surface area (TPSA) is 70.1 Å².